The molecule has 0 saturated heterocycles. The average molecular weight is 311 g/mol. The van der Waals surface area contributed by atoms with Gasteiger partial charge >= 0.3 is 0 Å². The highest BCUT2D eigenvalue weighted by Gasteiger charge is 2.19. The average Bonchev–Trinajstić information content (AvgIpc) is 3.08. The normalized spacial score (nSPS) is 10.1. The van der Waals surface area contributed by atoms with Gasteiger partial charge in [0.2, 0.25) is 0 Å². The molecule has 0 aromatic carbocycles. The van der Waals surface area contributed by atoms with Gasteiger partial charge in [-0.25, -0.2) is 9.97 Å². The van der Waals surface area contributed by atoms with Gasteiger partial charge in [-0.05, 0) is 12.3 Å². The summed E-state index contributed by atoms with van der Waals surface area (Å²) in [7, 11) is 1.63. The van der Waals surface area contributed by atoms with E-state index in [2.05, 4.69) is 29.1 Å². The van der Waals surface area contributed by atoms with Crippen molar-refractivity contribution in [1.29, 1.82) is 0 Å². The van der Waals surface area contributed by atoms with Crippen molar-refractivity contribution in [3.05, 3.63) is 22.1 Å². The molecule has 2 aromatic heterocycles. The van der Waals surface area contributed by atoms with Crippen LogP contribution in [0.5, 0.6) is 0 Å². The van der Waals surface area contributed by atoms with Gasteiger partial charge < -0.3 is 5.32 Å². The molecule has 0 atom stereocenters. The lowest BCUT2D eigenvalue weighted by molar-refractivity contribution is 0.0958. The van der Waals surface area contributed by atoms with Gasteiger partial charge in [-0.3, -0.25) is 4.79 Å². The number of nitrogens with one attached hydrogen (secondary N) is 1. The summed E-state index contributed by atoms with van der Waals surface area (Å²) in [5.41, 5.74) is 0.543. The van der Waals surface area contributed by atoms with Crippen LogP contribution in [0.15, 0.2) is 11.6 Å². The molecule has 0 aliphatic carbocycles. The Hall–Kier alpha value is -1.27. The van der Waals surface area contributed by atoms with Gasteiger partial charge in [-0.1, -0.05) is 27.7 Å². The first-order chi connectivity index (χ1) is 9.61. The smallest absolute Gasteiger partial charge is 0.270 e. The summed E-state index contributed by atoms with van der Waals surface area (Å²) in [6.07, 6.45) is 2.62. The summed E-state index contributed by atoms with van der Waals surface area (Å²) in [6.45, 7) is 8.27. The molecule has 20 heavy (non-hydrogen) atoms. The molecule has 2 aromatic rings. The maximum Gasteiger partial charge on any atom is 0.270 e. The van der Waals surface area contributed by atoms with Gasteiger partial charge in [0, 0.05) is 23.5 Å². The number of hydrogen-bond donors (Lipinski definition) is 1. The van der Waals surface area contributed by atoms with Crippen LogP contribution in [-0.2, 0) is 6.42 Å². The lowest BCUT2D eigenvalue weighted by Crippen LogP contribution is -2.20. The van der Waals surface area contributed by atoms with E-state index in [1.54, 1.807) is 35.9 Å². The van der Waals surface area contributed by atoms with Gasteiger partial charge in [-0.2, -0.15) is 0 Å². The minimum Gasteiger partial charge on any atom is -0.354 e. The van der Waals surface area contributed by atoms with E-state index in [1.165, 1.54) is 0 Å². The highest BCUT2D eigenvalue weighted by molar-refractivity contribution is 7.20. The number of amides is 1. The Balaban J connectivity index is 0.000000956. The summed E-state index contributed by atoms with van der Waals surface area (Å²) in [4.78, 5) is 21.5. The molecule has 0 radical (unpaired) electrons. The van der Waals surface area contributed by atoms with Gasteiger partial charge in [0.05, 0.1) is 0 Å². The zero-order valence-electron chi connectivity index (χ0n) is 12.6. The van der Waals surface area contributed by atoms with E-state index < -0.39 is 0 Å². The largest absolute Gasteiger partial charge is 0.354 e. The fraction of sp³-hybridized carbons (Fsp3) is 0.500. The van der Waals surface area contributed by atoms with E-state index in [0.29, 0.717) is 11.6 Å². The number of aromatic nitrogens is 2. The van der Waals surface area contributed by atoms with Crippen LogP contribution in [0.1, 0.15) is 43.1 Å². The summed E-state index contributed by atoms with van der Waals surface area (Å²) in [5, 5.41) is 6.26. The first kappa shape index (κ1) is 16.8. The Labute approximate surface area is 128 Å². The second-order valence-electron chi connectivity index (χ2n) is 4.31. The van der Waals surface area contributed by atoms with Crippen LogP contribution in [0.4, 0.5) is 0 Å². The number of carbonyl (C=O) groups excluding carboxylic acids is 1. The van der Waals surface area contributed by atoms with Crippen molar-refractivity contribution < 1.29 is 4.79 Å². The Morgan fingerprint density at radius 2 is 2.05 bits per heavy atom. The Kier molecular flexibility index (Phi) is 6.81. The third-order valence-corrected chi connectivity index (χ3v) is 4.34. The van der Waals surface area contributed by atoms with Crippen LogP contribution in [0.2, 0.25) is 0 Å². The highest BCUT2D eigenvalue weighted by atomic mass is 32.1. The zero-order valence-corrected chi connectivity index (χ0v) is 14.2. The fourth-order valence-electron chi connectivity index (χ4n) is 1.58. The molecule has 4 nitrogen and oxygen atoms in total. The van der Waals surface area contributed by atoms with Crippen molar-refractivity contribution in [1.82, 2.24) is 15.3 Å². The monoisotopic (exact) mass is 311 g/mol. The highest BCUT2D eigenvalue weighted by Crippen LogP contribution is 2.30. The molecule has 2 rings (SSSR count). The first-order valence-corrected chi connectivity index (χ1v) is 8.43. The third kappa shape index (κ3) is 4.11. The minimum absolute atomic E-state index is 0.121. The van der Waals surface area contributed by atoms with E-state index in [9.17, 15) is 4.79 Å². The maximum atomic E-state index is 11.8. The molecule has 0 spiro atoms. The lowest BCUT2D eigenvalue weighted by Gasteiger charge is -2.03. The molecular weight excluding hydrogens is 290 g/mol. The van der Waals surface area contributed by atoms with Gasteiger partial charge in [0.1, 0.15) is 5.69 Å². The number of rotatable bonds is 4. The minimum atomic E-state index is -0.121. The van der Waals surface area contributed by atoms with Crippen molar-refractivity contribution in [2.75, 3.05) is 7.05 Å². The molecular formula is C14H21N3OS2. The standard InChI is InChI=1S/C12H15N3OS2.C2H6/c1-7(2)6-8-9(10(16)13-3)15-12(18-8)11-14-4-5-17-11;1-2/h4-5,7H,6H2,1-3H3,(H,13,16);1-2H3. The molecule has 0 saturated carbocycles. The Morgan fingerprint density at radius 3 is 2.55 bits per heavy atom. The molecule has 2 heterocycles. The van der Waals surface area contributed by atoms with E-state index in [0.717, 1.165) is 21.3 Å². The number of hydrogen-bond acceptors (Lipinski definition) is 5. The van der Waals surface area contributed by atoms with Crippen molar-refractivity contribution in [2.24, 2.45) is 5.92 Å². The van der Waals surface area contributed by atoms with Gasteiger partial charge in [0.25, 0.3) is 5.91 Å². The molecule has 1 N–H and O–H groups in total. The van der Waals surface area contributed by atoms with Gasteiger partial charge in [0.15, 0.2) is 10.0 Å². The number of carbonyl (C=O) groups is 1. The van der Waals surface area contributed by atoms with Crippen LogP contribution in [0.25, 0.3) is 10.0 Å². The molecule has 1 amide bonds. The van der Waals surface area contributed by atoms with Crippen molar-refractivity contribution >= 4 is 28.6 Å². The van der Waals surface area contributed by atoms with Gasteiger partial charge in [-0.15, -0.1) is 22.7 Å². The topological polar surface area (TPSA) is 54.9 Å². The molecule has 0 aliphatic heterocycles. The van der Waals surface area contributed by atoms with Crippen LogP contribution in [0, 0.1) is 5.92 Å². The summed E-state index contributed by atoms with van der Waals surface area (Å²) < 4.78 is 0. The molecule has 0 fully saturated rings. The van der Waals surface area contributed by atoms with E-state index in [1.807, 2.05) is 19.2 Å². The van der Waals surface area contributed by atoms with E-state index >= 15 is 0 Å². The lowest BCUT2D eigenvalue weighted by atomic mass is 10.1. The first-order valence-electron chi connectivity index (χ1n) is 6.73. The van der Waals surface area contributed by atoms with Crippen LogP contribution in [-0.4, -0.2) is 22.9 Å². The molecule has 0 unspecified atom stereocenters. The molecule has 110 valence electrons. The zero-order chi connectivity index (χ0) is 15.1. The Bertz CT molecular complexity index is 533. The van der Waals surface area contributed by atoms with Crippen molar-refractivity contribution in [3.8, 4) is 10.0 Å². The van der Waals surface area contributed by atoms with Crippen molar-refractivity contribution in [2.45, 2.75) is 34.1 Å². The molecule has 6 heteroatoms. The SMILES string of the molecule is CC.CNC(=O)c1nc(-c2nccs2)sc1CC(C)C. The fourth-order valence-corrected chi connectivity index (χ4v) is 3.53. The molecule has 0 aliphatic rings. The number of thiazole rings is 2. The molecule has 0 bridgehead atoms. The second kappa shape index (κ2) is 8.11. The van der Waals surface area contributed by atoms with E-state index in [4.69, 9.17) is 0 Å². The van der Waals surface area contributed by atoms with Crippen LogP contribution < -0.4 is 5.32 Å². The third-order valence-electron chi connectivity index (χ3n) is 2.35. The second-order valence-corrected chi connectivity index (χ2v) is 6.28. The van der Waals surface area contributed by atoms with E-state index in [-0.39, 0.29) is 5.91 Å². The Morgan fingerprint density at radius 1 is 1.35 bits per heavy atom. The maximum absolute atomic E-state index is 11.8. The predicted molar refractivity (Wildman–Crippen MR) is 86.5 cm³/mol. The number of nitrogens with zero attached hydrogens (tertiary/aromatic N) is 2. The summed E-state index contributed by atoms with van der Waals surface area (Å²) >= 11 is 3.11. The van der Waals surface area contributed by atoms with Crippen LogP contribution >= 0.6 is 22.7 Å². The quantitative estimate of drug-likeness (QED) is 0.933. The summed E-state index contributed by atoms with van der Waals surface area (Å²) in [6, 6.07) is 0. The van der Waals surface area contributed by atoms with Crippen LogP contribution in [0.3, 0.4) is 0 Å². The summed E-state index contributed by atoms with van der Waals surface area (Å²) in [5.74, 6) is 0.378. The van der Waals surface area contributed by atoms with Crippen molar-refractivity contribution in [3.63, 3.8) is 0 Å². The predicted octanol–water partition coefficient (Wildman–Crippen LogP) is 3.85.